The molecule has 0 bridgehead atoms. The van der Waals surface area contributed by atoms with Gasteiger partial charge in [-0.25, -0.2) is 4.79 Å². The third kappa shape index (κ3) is 1.90. The van der Waals surface area contributed by atoms with Crippen molar-refractivity contribution in [3.05, 3.63) is 0 Å². The summed E-state index contributed by atoms with van der Waals surface area (Å²) in [5.74, 6) is -1.30. The molecule has 74 valence electrons. The summed E-state index contributed by atoms with van der Waals surface area (Å²) in [6.07, 6.45) is -5.12. The van der Waals surface area contributed by atoms with Crippen LogP contribution in [0.25, 0.3) is 0 Å². The summed E-state index contributed by atoms with van der Waals surface area (Å²) in [5.41, 5.74) is -1.04. The summed E-state index contributed by atoms with van der Waals surface area (Å²) in [7, 11) is 1.21. The summed E-state index contributed by atoms with van der Waals surface area (Å²) in [4.78, 5) is 10.4. The van der Waals surface area contributed by atoms with E-state index in [1.807, 2.05) is 0 Å². The monoisotopic (exact) mass is 196 g/mol. The lowest BCUT2D eigenvalue weighted by molar-refractivity contribution is -0.142. The molecule has 1 atom stereocenters. The molecule has 0 spiro atoms. The standard InChI is InChI=1S/C6H7F3N2O2/c1-11-3(5(12)13)2-4(10-11)6(7,8)9/h3H,2H2,1H3,(H,12,13)/t3-/m0/s1. The van der Waals surface area contributed by atoms with Crippen LogP contribution in [0.3, 0.4) is 0 Å². The van der Waals surface area contributed by atoms with Gasteiger partial charge in [0.1, 0.15) is 11.8 Å². The van der Waals surface area contributed by atoms with Gasteiger partial charge in [-0.1, -0.05) is 0 Å². The van der Waals surface area contributed by atoms with Crippen molar-refractivity contribution < 1.29 is 23.1 Å². The summed E-state index contributed by atoms with van der Waals surface area (Å²) >= 11 is 0. The van der Waals surface area contributed by atoms with Crippen molar-refractivity contribution >= 4 is 11.7 Å². The largest absolute Gasteiger partial charge is 0.480 e. The minimum atomic E-state index is -4.53. The van der Waals surface area contributed by atoms with Crippen molar-refractivity contribution in [2.24, 2.45) is 5.10 Å². The van der Waals surface area contributed by atoms with Crippen LogP contribution in [0.15, 0.2) is 5.10 Å². The van der Waals surface area contributed by atoms with Gasteiger partial charge in [0.05, 0.1) is 0 Å². The molecule has 0 fully saturated rings. The number of hydrogen-bond donors (Lipinski definition) is 1. The molecule has 7 heteroatoms. The highest BCUT2D eigenvalue weighted by atomic mass is 19.4. The highest BCUT2D eigenvalue weighted by Gasteiger charge is 2.43. The highest BCUT2D eigenvalue weighted by Crippen LogP contribution is 2.26. The first kappa shape index (κ1) is 9.82. The Kier molecular flexibility index (Phi) is 2.19. The summed E-state index contributed by atoms with van der Waals surface area (Å²) in [5, 5.41) is 12.4. The van der Waals surface area contributed by atoms with Crippen LogP contribution in [0.1, 0.15) is 6.42 Å². The Balaban J connectivity index is 2.77. The van der Waals surface area contributed by atoms with Crippen molar-refractivity contribution in [2.45, 2.75) is 18.6 Å². The maximum atomic E-state index is 12.0. The van der Waals surface area contributed by atoms with Crippen LogP contribution >= 0.6 is 0 Å². The molecule has 0 saturated carbocycles. The van der Waals surface area contributed by atoms with Gasteiger partial charge >= 0.3 is 12.1 Å². The van der Waals surface area contributed by atoms with Gasteiger partial charge in [-0.2, -0.15) is 18.3 Å². The molecule has 0 amide bonds. The molecular formula is C6H7F3N2O2. The van der Waals surface area contributed by atoms with Crippen LogP contribution in [0.2, 0.25) is 0 Å². The minimum Gasteiger partial charge on any atom is -0.480 e. The molecule has 0 aromatic carbocycles. The number of nitrogens with zero attached hydrogens (tertiary/aromatic N) is 2. The Labute approximate surface area is 71.6 Å². The minimum absolute atomic E-state index is 0.588. The Morgan fingerprint density at radius 3 is 2.46 bits per heavy atom. The Hall–Kier alpha value is -1.27. The third-order valence-corrected chi connectivity index (χ3v) is 1.73. The second-order valence-electron chi connectivity index (χ2n) is 2.68. The van der Waals surface area contributed by atoms with E-state index in [0.29, 0.717) is 0 Å². The average molecular weight is 196 g/mol. The maximum absolute atomic E-state index is 12.0. The van der Waals surface area contributed by atoms with Gasteiger partial charge in [0.2, 0.25) is 0 Å². The van der Waals surface area contributed by atoms with Gasteiger partial charge in [0, 0.05) is 13.5 Å². The normalized spacial score (nSPS) is 23.2. The topological polar surface area (TPSA) is 52.9 Å². The van der Waals surface area contributed by atoms with Crippen LogP contribution in [0.4, 0.5) is 13.2 Å². The van der Waals surface area contributed by atoms with E-state index in [9.17, 15) is 18.0 Å². The molecule has 1 heterocycles. The molecule has 13 heavy (non-hydrogen) atoms. The van der Waals surface area contributed by atoms with Crippen molar-refractivity contribution in [3.63, 3.8) is 0 Å². The van der Waals surface area contributed by atoms with Crippen LogP contribution in [-0.2, 0) is 4.79 Å². The van der Waals surface area contributed by atoms with Crippen molar-refractivity contribution in [1.82, 2.24) is 5.01 Å². The SMILES string of the molecule is CN1N=C(C(F)(F)F)C[C@H]1C(=O)O. The molecule has 1 rings (SSSR count). The molecule has 0 aromatic rings. The van der Waals surface area contributed by atoms with Gasteiger partial charge < -0.3 is 5.11 Å². The number of alkyl halides is 3. The van der Waals surface area contributed by atoms with E-state index in [-0.39, 0.29) is 0 Å². The van der Waals surface area contributed by atoms with Crippen LogP contribution in [0.5, 0.6) is 0 Å². The molecule has 0 saturated heterocycles. The van der Waals surface area contributed by atoms with Crippen molar-refractivity contribution in [3.8, 4) is 0 Å². The van der Waals surface area contributed by atoms with E-state index in [1.165, 1.54) is 7.05 Å². The number of carbonyl (C=O) groups is 1. The van der Waals surface area contributed by atoms with Crippen molar-refractivity contribution in [2.75, 3.05) is 7.05 Å². The van der Waals surface area contributed by atoms with Gasteiger partial charge in [-0.3, -0.25) is 5.01 Å². The Morgan fingerprint density at radius 1 is 1.69 bits per heavy atom. The number of hydrazone groups is 1. The molecule has 1 N–H and O–H groups in total. The second kappa shape index (κ2) is 2.90. The Bertz CT molecular complexity index is 261. The summed E-state index contributed by atoms with van der Waals surface area (Å²) in [6, 6.07) is -1.20. The predicted molar refractivity (Wildman–Crippen MR) is 37.3 cm³/mol. The quantitative estimate of drug-likeness (QED) is 0.671. The Morgan fingerprint density at radius 2 is 2.23 bits per heavy atom. The fourth-order valence-electron chi connectivity index (χ4n) is 1.04. The molecule has 1 aliphatic heterocycles. The molecule has 0 unspecified atom stereocenters. The molecule has 0 aliphatic carbocycles. The molecular weight excluding hydrogens is 189 g/mol. The number of halogens is 3. The zero-order valence-electron chi connectivity index (χ0n) is 6.67. The first-order valence-electron chi connectivity index (χ1n) is 3.42. The molecule has 1 aliphatic rings. The molecule has 4 nitrogen and oxygen atoms in total. The van der Waals surface area contributed by atoms with Gasteiger partial charge in [0.15, 0.2) is 0 Å². The number of carboxylic acids is 1. The zero-order chi connectivity index (χ0) is 10.2. The van der Waals surface area contributed by atoms with Crippen LogP contribution in [0, 0.1) is 0 Å². The maximum Gasteiger partial charge on any atom is 0.431 e. The van der Waals surface area contributed by atoms with Crippen LogP contribution in [-0.4, -0.2) is 41.1 Å². The third-order valence-electron chi connectivity index (χ3n) is 1.73. The smallest absolute Gasteiger partial charge is 0.431 e. The number of aliphatic carboxylic acids is 1. The van der Waals surface area contributed by atoms with Gasteiger partial charge in [0.25, 0.3) is 0 Å². The summed E-state index contributed by atoms with van der Waals surface area (Å²) in [6.45, 7) is 0. The first-order chi connectivity index (χ1) is 5.82. The lowest BCUT2D eigenvalue weighted by Crippen LogP contribution is -2.32. The lowest BCUT2D eigenvalue weighted by Gasteiger charge is -2.12. The van der Waals surface area contributed by atoms with Gasteiger partial charge in [-0.05, 0) is 0 Å². The zero-order valence-corrected chi connectivity index (χ0v) is 6.67. The van der Waals surface area contributed by atoms with E-state index < -0.39 is 30.3 Å². The van der Waals surface area contributed by atoms with E-state index in [0.717, 1.165) is 5.01 Å². The number of likely N-dealkylation sites (N-methyl/N-ethyl adjacent to an activating group) is 1. The average Bonchev–Trinajstić information content (AvgIpc) is 2.29. The van der Waals surface area contributed by atoms with E-state index in [2.05, 4.69) is 5.10 Å². The number of carboxylic acid groups (broad SMARTS) is 1. The lowest BCUT2D eigenvalue weighted by atomic mass is 10.1. The van der Waals surface area contributed by atoms with E-state index in [1.54, 1.807) is 0 Å². The molecule has 0 radical (unpaired) electrons. The van der Waals surface area contributed by atoms with Gasteiger partial charge in [-0.15, -0.1) is 0 Å². The number of hydrogen-bond acceptors (Lipinski definition) is 3. The predicted octanol–water partition coefficient (Wildman–Crippen LogP) is 0.693. The molecule has 0 aromatic heterocycles. The van der Waals surface area contributed by atoms with E-state index >= 15 is 0 Å². The summed E-state index contributed by atoms with van der Waals surface area (Å²) < 4.78 is 36.1. The number of rotatable bonds is 1. The fraction of sp³-hybridized carbons (Fsp3) is 0.667. The first-order valence-corrected chi connectivity index (χ1v) is 3.42. The van der Waals surface area contributed by atoms with E-state index in [4.69, 9.17) is 5.11 Å². The second-order valence-corrected chi connectivity index (χ2v) is 2.68. The fourth-order valence-corrected chi connectivity index (χ4v) is 1.04. The highest BCUT2D eigenvalue weighted by molar-refractivity contribution is 5.95. The van der Waals surface area contributed by atoms with Crippen LogP contribution < -0.4 is 0 Å². The van der Waals surface area contributed by atoms with Crippen molar-refractivity contribution in [1.29, 1.82) is 0 Å².